The first-order valence-electron chi connectivity index (χ1n) is 6.92. The zero-order chi connectivity index (χ0) is 16.8. The lowest BCUT2D eigenvalue weighted by atomic mass is 10.1. The van der Waals surface area contributed by atoms with E-state index >= 15 is 0 Å². The molecule has 2 aromatic rings. The summed E-state index contributed by atoms with van der Waals surface area (Å²) in [5.41, 5.74) is 1.25. The molecule has 1 atom stereocenters. The summed E-state index contributed by atoms with van der Waals surface area (Å²) in [5, 5.41) is 11.9. The van der Waals surface area contributed by atoms with E-state index in [0.29, 0.717) is 12.0 Å². The number of nitrogens with one attached hydrogen (secondary N) is 1. The minimum absolute atomic E-state index is 0.0703. The Kier molecular flexibility index (Phi) is 5.76. The molecule has 0 aliphatic carbocycles. The highest BCUT2D eigenvalue weighted by atomic mass is 79.9. The van der Waals surface area contributed by atoms with Crippen LogP contribution in [0.1, 0.15) is 15.9 Å². The van der Waals surface area contributed by atoms with Crippen LogP contribution in [0.3, 0.4) is 0 Å². The van der Waals surface area contributed by atoms with Gasteiger partial charge in [-0.2, -0.15) is 0 Å². The van der Waals surface area contributed by atoms with Gasteiger partial charge in [0, 0.05) is 16.5 Å². The highest BCUT2D eigenvalue weighted by Crippen LogP contribution is 2.13. The summed E-state index contributed by atoms with van der Waals surface area (Å²) >= 11 is 3.35. The fraction of sp³-hybridized carbons (Fsp3) is 0.176. The van der Waals surface area contributed by atoms with E-state index in [1.165, 1.54) is 31.4 Å². The van der Waals surface area contributed by atoms with Crippen molar-refractivity contribution in [3.05, 3.63) is 64.1 Å². The van der Waals surface area contributed by atoms with Crippen molar-refractivity contribution < 1.29 is 19.4 Å². The Hall–Kier alpha value is -2.34. The molecule has 6 heteroatoms. The molecule has 0 fully saturated rings. The minimum atomic E-state index is -0.789. The highest BCUT2D eigenvalue weighted by Gasteiger charge is 2.22. The summed E-state index contributed by atoms with van der Waals surface area (Å²) < 4.78 is 5.70. The lowest BCUT2D eigenvalue weighted by Gasteiger charge is -2.17. The molecule has 0 heterocycles. The molecule has 0 aliphatic heterocycles. The summed E-state index contributed by atoms with van der Waals surface area (Å²) in [5.74, 6) is -0.849. The first kappa shape index (κ1) is 17.0. The molecule has 0 aliphatic rings. The van der Waals surface area contributed by atoms with Crippen molar-refractivity contribution in [3.8, 4) is 5.75 Å². The van der Waals surface area contributed by atoms with Crippen LogP contribution in [0.25, 0.3) is 0 Å². The number of rotatable bonds is 5. The molecule has 5 nitrogen and oxygen atoms in total. The van der Waals surface area contributed by atoms with Gasteiger partial charge in [-0.15, -0.1) is 0 Å². The Morgan fingerprint density at radius 2 is 1.74 bits per heavy atom. The zero-order valence-corrected chi connectivity index (χ0v) is 14.0. The van der Waals surface area contributed by atoms with Crippen molar-refractivity contribution in [2.75, 3.05) is 7.11 Å². The van der Waals surface area contributed by atoms with Crippen LogP contribution in [0.5, 0.6) is 5.75 Å². The molecule has 0 bridgehead atoms. The minimum Gasteiger partial charge on any atom is -0.508 e. The molecule has 0 spiro atoms. The smallest absolute Gasteiger partial charge is 0.328 e. The molecule has 2 aromatic carbocycles. The van der Waals surface area contributed by atoms with Gasteiger partial charge in [0.25, 0.3) is 5.91 Å². The van der Waals surface area contributed by atoms with Crippen molar-refractivity contribution in [1.29, 1.82) is 0 Å². The largest absolute Gasteiger partial charge is 0.508 e. The zero-order valence-electron chi connectivity index (χ0n) is 12.5. The molecule has 23 heavy (non-hydrogen) atoms. The average Bonchev–Trinajstić information content (AvgIpc) is 2.56. The molecule has 2 rings (SSSR count). The fourth-order valence-corrected chi connectivity index (χ4v) is 2.31. The summed E-state index contributed by atoms with van der Waals surface area (Å²) in [6, 6.07) is 12.5. The number of carbonyl (C=O) groups is 2. The van der Waals surface area contributed by atoms with Gasteiger partial charge in [0.2, 0.25) is 0 Å². The Bertz CT molecular complexity index is 683. The van der Waals surface area contributed by atoms with Crippen LogP contribution in [-0.2, 0) is 16.0 Å². The third-order valence-corrected chi connectivity index (χ3v) is 3.80. The topological polar surface area (TPSA) is 75.6 Å². The van der Waals surface area contributed by atoms with Crippen LogP contribution in [0.4, 0.5) is 0 Å². The van der Waals surface area contributed by atoms with Crippen molar-refractivity contribution in [1.82, 2.24) is 5.32 Å². The van der Waals surface area contributed by atoms with Gasteiger partial charge in [-0.25, -0.2) is 4.79 Å². The number of esters is 1. The third-order valence-electron chi connectivity index (χ3n) is 3.27. The fourth-order valence-electron chi connectivity index (χ4n) is 2.05. The monoisotopic (exact) mass is 377 g/mol. The number of ether oxygens (including phenoxy) is 1. The van der Waals surface area contributed by atoms with E-state index < -0.39 is 17.9 Å². The second-order valence-corrected chi connectivity index (χ2v) is 5.84. The maximum atomic E-state index is 12.2. The molecule has 120 valence electrons. The lowest BCUT2D eigenvalue weighted by molar-refractivity contribution is -0.142. The first-order valence-corrected chi connectivity index (χ1v) is 7.71. The van der Waals surface area contributed by atoms with E-state index in [4.69, 9.17) is 4.74 Å². The number of phenols is 1. The first-order chi connectivity index (χ1) is 11.0. The number of hydrogen-bond acceptors (Lipinski definition) is 4. The van der Waals surface area contributed by atoms with Gasteiger partial charge in [0.15, 0.2) is 0 Å². The normalized spacial score (nSPS) is 11.6. The van der Waals surface area contributed by atoms with E-state index in [9.17, 15) is 14.7 Å². The van der Waals surface area contributed by atoms with E-state index in [1.807, 2.05) is 24.3 Å². The van der Waals surface area contributed by atoms with Gasteiger partial charge < -0.3 is 15.2 Å². The summed E-state index contributed by atoms with van der Waals surface area (Å²) in [6.45, 7) is 0. The quantitative estimate of drug-likeness (QED) is 0.785. The molecule has 0 aromatic heterocycles. The van der Waals surface area contributed by atoms with Crippen LogP contribution >= 0.6 is 15.9 Å². The van der Waals surface area contributed by atoms with Crippen LogP contribution < -0.4 is 5.32 Å². The Balaban J connectivity index is 2.12. The third kappa shape index (κ3) is 4.82. The van der Waals surface area contributed by atoms with Gasteiger partial charge in [0.1, 0.15) is 11.8 Å². The van der Waals surface area contributed by atoms with Crippen LogP contribution in [0, 0.1) is 0 Å². The number of halogens is 1. The predicted molar refractivity (Wildman–Crippen MR) is 89.2 cm³/mol. The lowest BCUT2D eigenvalue weighted by Crippen LogP contribution is -2.43. The van der Waals surface area contributed by atoms with Crippen LogP contribution in [0.2, 0.25) is 0 Å². The van der Waals surface area contributed by atoms with Gasteiger partial charge in [-0.1, -0.05) is 28.1 Å². The predicted octanol–water partition coefficient (Wildman–Crippen LogP) is 2.67. The number of aromatic hydroxyl groups is 1. The van der Waals surface area contributed by atoms with Gasteiger partial charge in [-0.3, -0.25) is 4.79 Å². The molecule has 0 radical (unpaired) electrons. The van der Waals surface area contributed by atoms with Crippen molar-refractivity contribution >= 4 is 27.8 Å². The molecule has 0 saturated carbocycles. The second kappa shape index (κ2) is 7.78. The van der Waals surface area contributed by atoms with Gasteiger partial charge in [-0.05, 0) is 42.0 Å². The summed E-state index contributed by atoms with van der Waals surface area (Å²) in [6.07, 6.45) is 0.323. The Morgan fingerprint density at radius 1 is 1.13 bits per heavy atom. The molecular formula is C17H16BrNO4. The van der Waals surface area contributed by atoms with E-state index in [0.717, 1.165) is 10.0 Å². The van der Waals surface area contributed by atoms with Crippen LogP contribution in [-0.4, -0.2) is 30.1 Å². The average molecular weight is 378 g/mol. The summed E-state index contributed by atoms with van der Waals surface area (Å²) in [7, 11) is 1.28. The SMILES string of the molecule is COC(=O)[C@@H](Cc1ccc(Br)cc1)NC(=O)c1ccc(O)cc1. The number of hydrogen-bond donors (Lipinski definition) is 2. The standard InChI is InChI=1S/C17H16BrNO4/c1-23-17(22)15(10-11-2-6-13(18)7-3-11)19-16(21)12-4-8-14(20)9-5-12/h2-9,15,20H,10H2,1H3,(H,19,21)/t15-/m1/s1. The van der Waals surface area contributed by atoms with Crippen molar-refractivity contribution in [2.45, 2.75) is 12.5 Å². The molecule has 0 unspecified atom stereocenters. The van der Waals surface area contributed by atoms with Crippen LogP contribution in [0.15, 0.2) is 53.0 Å². The molecular weight excluding hydrogens is 362 g/mol. The number of amides is 1. The highest BCUT2D eigenvalue weighted by molar-refractivity contribution is 9.10. The Morgan fingerprint density at radius 3 is 2.30 bits per heavy atom. The number of phenolic OH excluding ortho intramolecular Hbond substituents is 1. The molecule has 1 amide bonds. The summed E-state index contributed by atoms with van der Waals surface area (Å²) in [4.78, 5) is 24.1. The maximum absolute atomic E-state index is 12.2. The number of benzene rings is 2. The van der Waals surface area contributed by atoms with E-state index in [-0.39, 0.29) is 5.75 Å². The molecule has 0 saturated heterocycles. The second-order valence-electron chi connectivity index (χ2n) is 4.93. The number of methoxy groups -OCH3 is 1. The van der Waals surface area contributed by atoms with Crippen molar-refractivity contribution in [3.63, 3.8) is 0 Å². The van der Waals surface area contributed by atoms with Gasteiger partial charge >= 0.3 is 5.97 Å². The Labute approximate surface area is 142 Å². The van der Waals surface area contributed by atoms with E-state index in [2.05, 4.69) is 21.2 Å². The van der Waals surface area contributed by atoms with Crippen molar-refractivity contribution in [2.24, 2.45) is 0 Å². The van der Waals surface area contributed by atoms with E-state index in [1.54, 1.807) is 0 Å². The maximum Gasteiger partial charge on any atom is 0.328 e. The van der Waals surface area contributed by atoms with Gasteiger partial charge in [0.05, 0.1) is 7.11 Å². The molecule has 2 N–H and O–H groups in total. The number of carbonyl (C=O) groups excluding carboxylic acids is 2.